The molecule has 0 bridgehead atoms. The number of carboxylic acid groups (broad SMARTS) is 1. The molecule has 3 N–H and O–H groups in total. The van der Waals surface area contributed by atoms with Crippen LogP contribution in [0.5, 0.6) is 0 Å². The van der Waals surface area contributed by atoms with E-state index in [1.807, 2.05) is 26.0 Å². The van der Waals surface area contributed by atoms with Crippen LogP contribution in [-0.2, 0) is 11.4 Å². The number of carbonyl (C=O) groups is 1. The van der Waals surface area contributed by atoms with Crippen LogP contribution in [0.1, 0.15) is 56.7 Å². The number of aromatic nitrogens is 2. The highest BCUT2D eigenvalue weighted by molar-refractivity contribution is 6.35. The van der Waals surface area contributed by atoms with Crippen LogP contribution in [0, 0.1) is 17.3 Å². The van der Waals surface area contributed by atoms with Gasteiger partial charge in [-0.25, -0.2) is 4.98 Å². The lowest BCUT2D eigenvalue weighted by Crippen LogP contribution is -2.58. The normalized spacial score (nSPS) is 27.3. The Bertz CT molecular complexity index is 1150. The lowest BCUT2D eigenvalue weighted by Gasteiger charge is -2.52. The van der Waals surface area contributed by atoms with Crippen molar-refractivity contribution in [2.45, 2.75) is 58.2 Å². The van der Waals surface area contributed by atoms with Gasteiger partial charge in [-0.2, -0.15) is 4.98 Å². The van der Waals surface area contributed by atoms with Gasteiger partial charge in [-0.1, -0.05) is 29.3 Å². The van der Waals surface area contributed by atoms with Crippen LogP contribution < -0.4 is 10.2 Å². The number of nitrogens with one attached hydrogen (secondary N) is 1. The Morgan fingerprint density at radius 2 is 2.00 bits per heavy atom. The number of carboxylic acids is 1. The fraction of sp³-hybridized carbons (Fsp3) is 0.593. The van der Waals surface area contributed by atoms with Gasteiger partial charge in [0.15, 0.2) is 0 Å². The van der Waals surface area contributed by atoms with Crippen molar-refractivity contribution in [3.8, 4) is 0 Å². The number of nitrogens with zero attached hydrogens (tertiary/aromatic N) is 4. The molecule has 8 nitrogen and oxygen atoms in total. The highest BCUT2D eigenvalue weighted by Crippen LogP contribution is 2.45. The summed E-state index contributed by atoms with van der Waals surface area (Å²) in [6, 6.07) is 5.69. The van der Waals surface area contributed by atoms with Gasteiger partial charge in [-0.05, 0) is 75.6 Å². The molecule has 37 heavy (non-hydrogen) atoms. The molecular weight excluding hydrogens is 513 g/mol. The Balaban J connectivity index is 1.19. The van der Waals surface area contributed by atoms with Crippen molar-refractivity contribution < 1.29 is 15.0 Å². The Kier molecular flexibility index (Phi) is 7.56. The molecular formula is C27H35Cl2N5O3. The Labute approximate surface area is 228 Å². The lowest BCUT2D eigenvalue weighted by molar-refractivity contribution is -0.158. The molecule has 0 radical (unpaired) electrons. The van der Waals surface area contributed by atoms with Gasteiger partial charge in [0.1, 0.15) is 5.82 Å². The molecule has 1 aromatic heterocycles. The van der Waals surface area contributed by atoms with Crippen molar-refractivity contribution in [2.75, 3.05) is 36.4 Å². The van der Waals surface area contributed by atoms with Gasteiger partial charge >= 0.3 is 5.97 Å². The second-order valence-electron chi connectivity index (χ2n) is 11.2. The van der Waals surface area contributed by atoms with Gasteiger partial charge in [0, 0.05) is 47.5 Å². The highest BCUT2D eigenvalue weighted by Gasteiger charge is 2.49. The van der Waals surface area contributed by atoms with E-state index in [0.29, 0.717) is 45.3 Å². The first-order valence-electron chi connectivity index (χ1n) is 13.1. The van der Waals surface area contributed by atoms with Crippen LogP contribution in [0.3, 0.4) is 0 Å². The smallest absolute Gasteiger partial charge is 0.309 e. The Morgan fingerprint density at radius 1 is 1.24 bits per heavy atom. The summed E-state index contributed by atoms with van der Waals surface area (Å²) in [6.07, 6.45) is 5.59. The number of rotatable bonds is 8. The van der Waals surface area contributed by atoms with Gasteiger partial charge in [-0.15, -0.1) is 0 Å². The maximum atomic E-state index is 11.5. The highest BCUT2D eigenvalue weighted by atomic mass is 35.5. The molecule has 5 rings (SSSR count). The van der Waals surface area contributed by atoms with E-state index in [9.17, 15) is 15.0 Å². The van der Waals surface area contributed by atoms with Crippen LogP contribution in [0.25, 0.3) is 0 Å². The monoisotopic (exact) mass is 547 g/mol. The zero-order chi connectivity index (χ0) is 26.3. The van der Waals surface area contributed by atoms with E-state index in [1.165, 1.54) is 12.8 Å². The van der Waals surface area contributed by atoms with Crippen molar-refractivity contribution in [3.05, 3.63) is 45.6 Å². The fourth-order valence-corrected chi connectivity index (χ4v) is 6.64. The summed E-state index contributed by atoms with van der Waals surface area (Å²) < 4.78 is 0. The molecule has 200 valence electrons. The molecule has 10 heteroatoms. The van der Waals surface area contributed by atoms with E-state index in [0.717, 1.165) is 44.6 Å². The molecule has 1 aromatic carbocycles. The summed E-state index contributed by atoms with van der Waals surface area (Å²) in [7, 11) is 0. The molecule has 0 spiro atoms. The second-order valence-corrected chi connectivity index (χ2v) is 12.1. The molecule has 2 aromatic rings. The SMILES string of the molecule is CC(Nc1nc(N2CC([C@H]3CCCN(C4CC(C)(C(=O)O)C4)C3)C2)ncc1CO)c1ccc(Cl)cc1Cl. The minimum atomic E-state index is -0.668. The number of halogens is 2. The van der Waals surface area contributed by atoms with Gasteiger partial charge in [0.25, 0.3) is 0 Å². The van der Waals surface area contributed by atoms with E-state index < -0.39 is 11.4 Å². The molecule has 3 heterocycles. The number of benzene rings is 1. The topological polar surface area (TPSA) is 102 Å². The van der Waals surface area contributed by atoms with Crippen LogP contribution in [0.4, 0.5) is 11.8 Å². The second kappa shape index (κ2) is 10.6. The molecule has 0 amide bonds. The largest absolute Gasteiger partial charge is 0.481 e. The van der Waals surface area contributed by atoms with Gasteiger partial charge in [-0.3, -0.25) is 4.79 Å². The average molecular weight is 549 g/mol. The van der Waals surface area contributed by atoms with Crippen molar-refractivity contribution in [1.82, 2.24) is 14.9 Å². The maximum Gasteiger partial charge on any atom is 0.309 e. The van der Waals surface area contributed by atoms with Gasteiger partial charge in [0.2, 0.25) is 5.95 Å². The van der Waals surface area contributed by atoms with Crippen LogP contribution >= 0.6 is 23.2 Å². The third-order valence-corrected chi connectivity index (χ3v) is 9.12. The van der Waals surface area contributed by atoms with Crippen molar-refractivity contribution in [3.63, 3.8) is 0 Å². The summed E-state index contributed by atoms with van der Waals surface area (Å²) >= 11 is 12.4. The first kappa shape index (κ1) is 26.5. The van der Waals surface area contributed by atoms with Crippen LogP contribution in [-0.4, -0.2) is 63.3 Å². The van der Waals surface area contributed by atoms with Crippen LogP contribution in [0.15, 0.2) is 24.4 Å². The third-order valence-electron chi connectivity index (χ3n) is 8.56. The minimum absolute atomic E-state index is 0.135. The number of piperidine rings is 1. The number of anilines is 2. The standard InChI is InChI=1S/C27H35Cl2N5O3/c1-16(22-6-5-20(28)8-23(22)29)31-24-18(15-35)11-30-26(32-24)34-13-19(14-34)17-4-3-7-33(12-17)21-9-27(2,10-21)25(36)37/h5-6,8,11,16-17,19,21,35H,3-4,7,9-10,12-15H2,1-2H3,(H,36,37)(H,30,31,32)/t16?,17-,21?,27?/m0/s1. The molecule has 3 aliphatic rings. The van der Waals surface area contributed by atoms with Gasteiger partial charge in [0.05, 0.1) is 18.1 Å². The molecule has 1 aliphatic carbocycles. The first-order chi connectivity index (χ1) is 17.7. The average Bonchev–Trinajstić information content (AvgIpc) is 2.81. The summed E-state index contributed by atoms with van der Waals surface area (Å²) in [6.45, 7) is 7.64. The Morgan fingerprint density at radius 3 is 2.68 bits per heavy atom. The summed E-state index contributed by atoms with van der Waals surface area (Å²) in [4.78, 5) is 25.5. The number of hydrogen-bond donors (Lipinski definition) is 3. The third kappa shape index (κ3) is 5.39. The first-order valence-corrected chi connectivity index (χ1v) is 13.8. The number of aliphatic carboxylic acids is 1. The van der Waals surface area contributed by atoms with E-state index in [1.54, 1.807) is 12.3 Å². The lowest BCUT2D eigenvalue weighted by atomic mass is 9.65. The Hall–Kier alpha value is -2.13. The molecule has 2 saturated heterocycles. The van der Waals surface area contributed by atoms with Crippen LogP contribution in [0.2, 0.25) is 10.0 Å². The van der Waals surface area contributed by atoms with E-state index >= 15 is 0 Å². The molecule has 1 saturated carbocycles. The maximum absolute atomic E-state index is 11.5. The van der Waals surface area contributed by atoms with E-state index in [4.69, 9.17) is 28.2 Å². The number of aliphatic hydroxyl groups excluding tert-OH is 1. The zero-order valence-electron chi connectivity index (χ0n) is 21.3. The minimum Gasteiger partial charge on any atom is -0.481 e. The fourth-order valence-electron chi connectivity index (χ4n) is 6.07. The number of hydrogen-bond acceptors (Lipinski definition) is 7. The van der Waals surface area contributed by atoms with E-state index in [2.05, 4.69) is 20.1 Å². The zero-order valence-corrected chi connectivity index (χ0v) is 22.8. The predicted molar refractivity (Wildman–Crippen MR) is 145 cm³/mol. The summed E-state index contributed by atoms with van der Waals surface area (Å²) in [5, 5.41) is 23.8. The molecule has 2 aliphatic heterocycles. The van der Waals surface area contributed by atoms with Crippen molar-refractivity contribution in [2.24, 2.45) is 17.3 Å². The molecule has 2 atom stereocenters. The quantitative estimate of drug-likeness (QED) is 0.431. The summed E-state index contributed by atoms with van der Waals surface area (Å²) in [5.74, 6) is 1.79. The van der Waals surface area contributed by atoms with Crippen molar-refractivity contribution >= 4 is 40.9 Å². The number of likely N-dealkylation sites (tertiary alicyclic amines) is 1. The van der Waals surface area contributed by atoms with Gasteiger partial charge < -0.3 is 25.3 Å². The summed E-state index contributed by atoms with van der Waals surface area (Å²) in [5.41, 5.74) is 0.983. The van der Waals surface area contributed by atoms with E-state index in [-0.39, 0.29) is 12.6 Å². The predicted octanol–water partition coefficient (Wildman–Crippen LogP) is 4.85. The molecule has 1 unspecified atom stereocenters. The molecule has 3 fully saturated rings. The number of aliphatic hydroxyl groups is 1. The van der Waals surface area contributed by atoms with Crippen molar-refractivity contribution in [1.29, 1.82) is 0 Å².